The summed E-state index contributed by atoms with van der Waals surface area (Å²) in [5.41, 5.74) is 4.92. The maximum atomic E-state index is 12.9. The number of hydrogen-bond acceptors (Lipinski definition) is 2. The van der Waals surface area contributed by atoms with Gasteiger partial charge in [0.05, 0.1) is 26.2 Å². The van der Waals surface area contributed by atoms with Crippen molar-refractivity contribution in [3.8, 4) is 24.2 Å². The molecule has 0 saturated heterocycles. The van der Waals surface area contributed by atoms with E-state index in [0.29, 0.717) is 0 Å². The summed E-state index contributed by atoms with van der Waals surface area (Å²) >= 11 is 0. The third-order valence-electron chi connectivity index (χ3n) is 1.55. The molecule has 0 atom stereocenters. The molecule has 0 fully saturated rings. The number of hydrogen-bond donors (Lipinski definition) is 1. The average Bonchev–Trinajstić information content (AvgIpc) is 2.14. The summed E-state index contributed by atoms with van der Waals surface area (Å²) in [6, 6.07) is 0. The van der Waals surface area contributed by atoms with E-state index in [2.05, 4.69) is 17.8 Å². The first-order chi connectivity index (χ1) is 6.55. The molecule has 0 radical (unpaired) electrons. The minimum atomic E-state index is -2.90. The van der Waals surface area contributed by atoms with Crippen molar-refractivity contribution in [3.05, 3.63) is 0 Å². The zero-order valence-corrected chi connectivity index (χ0v) is 8.19. The van der Waals surface area contributed by atoms with Crippen molar-refractivity contribution >= 4 is 0 Å². The van der Waals surface area contributed by atoms with Crippen LogP contribution in [0.5, 0.6) is 0 Å². The molecule has 14 heavy (non-hydrogen) atoms. The zero-order valence-electron chi connectivity index (χ0n) is 8.19. The highest BCUT2D eigenvalue weighted by molar-refractivity contribution is 5.00. The fourth-order valence-corrected chi connectivity index (χ4v) is 0.879. The predicted molar refractivity (Wildman–Crippen MR) is 52.7 cm³/mol. The van der Waals surface area contributed by atoms with Crippen LogP contribution in [0.3, 0.4) is 0 Å². The van der Waals surface area contributed by atoms with Crippen LogP contribution in [0.15, 0.2) is 0 Å². The molecule has 0 saturated carbocycles. The van der Waals surface area contributed by atoms with Crippen molar-refractivity contribution < 1.29 is 8.78 Å². The van der Waals surface area contributed by atoms with Gasteiger partial charge in [-0.1, -0.05) is 11.8 Å². The molecular formula is C10H14F2N2. The van der Waals surface area contributed by atoms with E-state index in [1.807, 2.05) is 0 Å². The quantitative estimate of drug-likeness (QED) is 0.656. The summed E-state index contributed by atoms with van der Waals surface area (Å²) in [6.07, 6.45) is 5.05. The molecule has 0 spiro atoms. The fraction of sp³-hybridized carbons (Fsp3) is 0.600. The number of terminal acetylenes is 1. The first-order valence-corrected chi connectivity index (χ1v) is 4.19. The highest BCUT2D eigenvalue weighted by Gasteiger charge is 2.29. The Morgan fingerprint density at radius 2 is 2.07 bits per heavy atom. The monoisotopic (exact) mass is 200 g/mol. The van der Waals surface area contributed by atoms with Crippen LogP contribution >= 0.6 is 0 Å². The highest BCUT2D eigenvalue weighted by Crippen LogP contribution is 2.12. The van der Waals surface area contributed by atoms with E-state index in [4.69, 9.17) is 12.2 Å². The molecule has 2 N–H and O–H groups in total. The van der Waals surface area contributed by atoms with Crippen molar-refractivity contribution in [2.75, 3.05) is 26.2 Å². The fourth-order valence-electron chi connectivity index (χ4n) is 0.879. The van der Waals surface area contributed by atoms with Crippen LogP contribution in [0.2, 0.25) is 0 Å². The Balaban J connectivity index is 4.20. The van der Waals surface area contributed by atoms with Gasteiger partial charge in [-0.2, -0.15) is 0 Å². The van der Waals surface area contributed by atoms with Crippen molar-refractivity contribution in [1.29, 1.82) is 0 Å². The molecule has 0 rings (SSSR count). The van der Waals surface area contributed by atoms with Crippen LogP contribution < -0.4 is 5.73 Å². The zero-order chi connectivity index (χ0) is 11.0. The van der Waals surface area contributed by atoms with E-state index in [0.717, 1.165) is 0 Å². The summed E-state index contributed by atoms with van der Waals surface area (Å²) < 4.78 is 25.7. The van der Waals surface area contributed by atoms with Gasteiger partial charge in [-0.05, 0) is 6.92 Å². The summed E-state index contributed by atoms with van der Waals surface area (Å²) in [5, 5.41) is 0. The SMILES string of the molecule is C#CCN(CC#CC)CC(F)(F)CN. The Kier molecular flexibility index (Phi) is 5.87. The van der Waals surface area contributed by atoms with Gasteiger partial charge in [-0.3, -0.25) is 4.90 Å². The van der Waals surface area contributed by atoms with Crippen molar-refractivity contribution in [1.82, 2.24) is 4.90 Å². The van der Waals surface area contributed by atoms with E-state index >= 15 is 0 Å². The number of nitrogens with two attached hydrogens (primary N) is 1. The first kappa shape index (κ1) is 12.9. The number of nitrogens with zero attached hydrogens (tertiary/aromatic N) is 1. The molecule has 0 aromatic carbocycles. The van der Waals surface area contributed by atoms with Crippen molar-refractivity contribution in [2.24, 2.45) is 5.73 Å². The van der Waals surface area contributed by atoms with E-state index in [-0.39, 0.29) is 13.1 Å². The second-order valence-corrected chi connectivity index (χ2v) is 2.84. The maximum absolute atomic E-state index is 12.9. The molecule has 0 amide bonds. The summed E-state index contributed by atoms with van der Waals surface area (Å²) in [4.78, 5) is 1.39. The van der Waals surface area contributed by atoms with E-state index in [9.17, 15) is 8.78 Å². The van der Waals surface area contributed by atoms with Gasteiger partial charge >= 0.3 is 0 Å². The standard InChI is InChI=1S/C10H14F2N2/c1-3-5-7-14(6-4-2)9-10(11,12)8-13/h2H,6-9,13H2,1H3. The highest BCUT2D eigenvalue weighted by atomic mass is 19.3. The lowest BCUT2D eigenvalue weighted by molar-refractivity contribution is -0.0174. The molecule has 0 aromatic rings. The predicted octanol–water partition coefficient (Wildman–Crippen LogP) is 0.539. The van der Waals surface area contributed by atoms with Gasteiger partial charge in [-0.15, -0.1) is 12.3 Å². The second kappa shape index (κ2) is 6.37. The first-order valence-electron chi connectivity index (χ1n) is 4.19. The smallest absolute Gasteiger partial charge is 0.272 e. The van der Waals surface area contributed by atoms with Crippen LogP contribution in [0.4, 0.5) is 8.78 Å². The van der Waals surface area contributed by atoms with Crippen molar-refractivity contribution in [2.45, 2.75) is 12.8 Å². The lowest BCUT2D eigenvalue weighted by Crippen LogP contribution is -2.42. The minimum Gasteiger partial charge on any atom is -0.325 e. The molecule has 0 heterocycles. The molecule has 78 valence electrons. The Morgan fingerprint density at radius 3 is 2.50 bits per heavy atom. The van der Waals surface area contributed by atoms with Crippen LogP contribution in [0.25, 0.3) is 0 Å². The molecule has 2 nitrogen and oxygen atoms in total. The molecule has 0 unspecified atom stereocenters. The van der Waals surface area contributed by atoms with Gasteiger partial charge in [-0.25, -0.2) is 8.78 Å². The van der Waals surface area contributed by atoms with Gasteiger partial charge in [0.25, 0.3) is 5.92 Å². The molecule has 0 aliphatic heterocycles. The third kappa shape index (κ3) is 5.53. The van der Waals surface area contributed by atoms with Crippen LogP contribution in [-0.2, 0) is 0 Å². The largest absolute Gasteiger partial charge is 0.325 e. The number of halogens is 2. The lowest BCUT2D eigenvalue weighted by atomic mass is 10.3. The maximum Gasteiger partial charge on any atom is 0.272 e. The molecule has 0 aromatic heterocycles. The molecule has 0 aliphatic rings. The molecule has 4 heteroatoms. The molecule has 0 aliphatic carbocycles. The Bertz CT molecular complexity index is 258. The number of alkyl halides is 2. The molecule has 0 bridgehead atoms. The third-order valence-corrected chi connectivity index (χ3v) is 1.55. The normalized spacial score (nSPS) is 10.6. The summed E-state index contributed by atoms with van der Waals surface area (Å²) in [5.74, 6) is 4.72. The van der Waals surface area contributed by atoms with E-state index in [1.54, 1.807) is 6.92 Å². The van der Waals surface area contributed by atoms with Gasteiger partial charge in [0.2, 0.25) is 0 Å². The molecular weight excluding hydrogens is 186 g/mol. The van der Waals surface area contributed by atoms with Crippen LogP contribution in [-0.4, -0.2) is 37.0 Å². The van der Waals surface area contributed by atoms with Gasteiger partial charge in [0.15, 0.2) is 0 Å². The van der Waals surface area contributed by atoms with E-state index in [1.165, 1.54) is 4.90 Å². The number of rotatable bonds is 5. The lowest BCUT2D eigenvalue weighted by Gasteiger charge is -2.22. The average molecular weight is 200 g/mol. The Morgan fingerprint density at radius 1 is 1.43 bits per heavy atom. The second-order valence-electron chi connectivity index (χ2n) is 2.84. The van der Waals surface area contributed by atoms with Gasteiger partial charge in [0, 0.05) is 0 Å². The topological polar surface area (TPSA) is 29.3 Å². The Labute approximate surface area is 83.5 Å². The minimum absolute atomic E-state index is 0.157. The van der Waals surface area contributed by atoms with Gasteiger partial charge < -0.3 is 5.73 Å². The summed E-state index contributed by atoms with van der Waals surface area (Å²) in [7, 11) is 0. The van der Waals surface area contributed by atoms with Gasteiger partial charge in [0.1, 0.15) is 0 Å². The summed E-state index contributed by atoms with van der Waals surface area (Å²) in [6.45, 7) is 0.936. The van der Waals surface area contributed by atoms with Crippen LogP contribution in [0, 0.1) is 24.2 Å². The van der Waals surface area contributed by atoms with E-state index < -0.39 is 19.0 Å². The van der Waals surface area contributed by atoms with Crippen LogP contribution in [0.1, 0.15) is 6.92 Å². The van der Waals surface area contributed by atoms with Crippen molar-refractivity contribution in [3.63, 3.8) is 0 Å². The Hall–Kier alpha value is -1.10.